The highest BCUT2D eigenvalue weighted by Gasteiger charge is 2.36. The van der Waals surface area contributed by atoms with E-state index < -0.39 is 12.0 Å². The number of carboxylic acids is 1. The Morgan fingerprint density at radius 3 is 2.68 bits per heavy atom. The Labute approximate surface area is 130 Å². The molecule has 1 aliphatic carbocycles. The summed E-state index contributed by atoms with van der Waals surface area (Å²) in [6, 6.07) is 13.0. The average molecular weight is 299 g/mol. The maximum Gasteiger partial charge on any atom is 0.321 e. The van der Waals surface area contributed by atoms with Gasteiger partial charge < -0.3 is 9.52 Å². The van der Waals surface area contributed by atoms with Gasteiger partial charge in [0.2, 0.25) is 0 Å². The van der Waals surface area contributed by atoms with Crippen LogP contribution in [-0.4, -0.2) is 17.1 Å². The second kappa shape index (κ2) is 6.36. The Morgan fingerprint density at radius 1 is 1.32 bits per heavy atom. The van der Waals surface area contributed by atoms with Gasteiger partial charge in [-0.25, -0.2) is 0 Å². The first kappa shape index (κ1) is 14.9. The van der Waals surface area contributed by atoms with E-state index in [0.29, 0.717) is 24.8 Å². The van der Waals surface area contributed by atoms with Crippen LogP contribution in [-0.2, 0) is 17.8 Å². The fraction of sp³-hybridized carbons (Fsp3) is 0.389. The molecule has 1 aromatic carbocycles. The Hall–Kier alpha value is -2.07. The third kappa shape index (κ3) is 3.57. The van der Waals surface area contributed by atoms with E-state index in [0.717, 1.165) is 17.1 Å². The lowest BCUT2D eigenvalue weighted by Gasteiger charge is -2.13. The van der Waals surface area contributed by atoms with E-state index in [1.807, 2.05) is 42.5 Å². The van der Waals surface area contributed by atoms with E-state index in [1.54, 1.807) is 0 Å². The summed E-state index contributed by atoms with van der Waals surface area (Å²) >= 11 is 0. The number of furan rings is 1. The molecule has 116 valence electrons. The Morgan fingerprint density at radius 2 is 2.05 bits per heavy atom. The van der Waals surface area contributed by atoms with Crippen molar-refractivity contribution < 1.29 is 14.3 Å². The Balaban J connectivity index is 1.57. The van der Waals surface area contributed by atoms with Crippen LogP contribution < -0.4 is 5.32 Å². The number of aliphatic carboxylic acids is 1. The number of carboxylic acid groups (broad SMARTS) is 1. The highest BCUT2D eigenvalue weighted by molar-refractivity contribution is 5.73. The molecule has 0 radical (unpaired) electrons. The van der Waals surface area contributed by atoms with Crippen molar-refractivity contribution in [1.29, 1.82) is 0 Å². The van der Waals surface area contributed by atoms with Gasteiger partial charge in [0.05, 0.1) is 6.54 Å². The van der Waals surface area contributed by atoms with E-state index in [4.69, 9.17) is 4.42 Å². The number of rotatable bonds is 7. The summed E-state index contributed by atoms with van der Waals surface area (Å²) in [5.41, 5.74) is 1.01. The molecule has 2 unspecified atom stereocenters. The van der Waals surface area contributed by atoms with Crippen LogP contribution >= 0.6 is 0 Å². The van der Waals surface area contributed by atoms with Crippen LogP contribution in [0.5, 0.6) is 0 Å². The van der Waals surface area contributed by atoms with Gasteiger partial charge in [-0.05, 0) is 36.5 Å². The minimum absolute atomic E-state index is 0.435. The van der Waals surface area contributed by atoms with Crippen LogP contribution in [0.1, 0.15) is 36.3 Å². The second-order valence-electron chi connectivity index (χ2n) is 6.09. The molecule has 1 aromatic heterocycles. The lowest BCUT2D eigenvalue weighted by atomic mass is 10.1. The van der Waals surface area contributed by atoms with Crippen LogP contribution in [0.25, 0.3) is 0 Å². The van der Waals surface area contributed by atoms with Crippen molar-refractivity contribution in [2.24, 2.45) is 5.92 Å². The first-order chi connectivity index (χ1) is 10.6. The molecule has 1 heterocycles. The first-order valence-electron chi connectivity index (χ1n) is 7.72. The number of carbonyl (C=O) groups is 1. The largest absolute Gasteiger partial charge is 0.480 e. The minimum Gasteiger partial charge on any atom is -0.480 e. The topological polar surface area (TPSA) is 62.5 Å². The van der Waals surface area contributed by atoms with Crippen molar-refractivity contribution >= 4 is 5.97 Å². The first-order valence-corrected chi connectivity index (χ1v) is 7.72. The lowest BCUT2D eigenvalue weighted by Crippen LogP contribution is -2.38. The molecule has 3 atom stereocenters. The normalized spacial score (nSPS) is 21.5. The zero-order chi connectivity index (χ0) is 15.5. The molecule has 1 fully saturated rings. The molecule has 0 saturated heterocycles. The highest BCUT2D eigenvalue weighted by atomic mass is 16.4. The molecule has 1 saturated carbocycles. The van der Waals surface area contributed by atoms with E-state index in [2.05, 4.69) is 12.2 Å². The SMILES string of the molecule is CC1CC1c1ccc(CN[C@H](Cc2ccccc2)C(=O)O)o1. The van der Waals surface area contributed by atoms with E-state index in [9.17, 15) is 9.90 Å². The number of hydrogen-bond donors (Lipinski definition) is 2. The molecule has 3 rings (SSSR count). The maximum absolute atomic E-state index is 11.4. The monoisotopic (exact) mass is 299 g/mol. The molecule has 0 amide bonds. The number of nitrogens with one attached hydrogen (secondary N) is 1. The predicted molar refractivity (Wildman–Crippen MR) is 83.6 cm³/mol. The second-order valence-corrected chi connectivity index (χ2v) is 6.09. The lowest BCUT2D eigenvalue weighted by molar-refractivity contribution is -0.139. The highest BCUT2D eigenvalue weighted by Crippen LogP contribution is 2.47. The molecular formula is C18H21NO3. The molecule has 0 aliphatic heterocycles. The van der Waals surface area contributed by atoms with Crippen LogP contribution in [0, 0.1) is 5.92 Å². The van der Waals surface area contributed by atoms with Gasteiger partial charge in [-0.1, -0.05) is 37.3 Å². The van der Waals surface area contributed by atoms with Gasteiger partial charge in [0, 0.05) is 5.92 Å². The summed E-state index contributed by atoms with van der Waals surface area (Å²) in [6.45, 7) is 2.65. The predicted octanol–water partition coefficient (Wildman–Crippen LogP) is 3.19. The minimum atomic E-state index is -0.841. The molecule has 2 N–H and O–H groups in total. The zero-order valence-corrected chi connectivity index (χ0v) is 12.7. The maximum atomic E-state index is 11.4. The van der Waals surface area contributed by atoms with E-state index >= 15 is 0 Å². The molecule has 4 nitrogen and oxygen atoms in total. The van der Waals surface area contributed by atoms with Crippen molar-refractivity contribution in [2.45, 2.75) is 38.3 Å². The van der Waals surface area contributed by atoms with Gasteiger partial charge in [-0.3, -0.25) is 10.1 Å². The summed E-state index contributed by atoms with van der Waals surface area (Å²) in [5, 5.41) is 12.4. The average Bonchev–Trinajstić information content (AvgIpc) is 3.06. The van der Waals surface area contributed by atoms with Gasteiger partial charge in [-0.15, -0.1) is 0 Å². The van der Waals surface area contributed by atoms with Crippen molar-refractivity contribution in [3.63, 3.8) is 0 Å². The summed E-state index contributed by atoms with van der Waals surface area (Å²) < 4.78 is 5.80. The van der Waals surface area contributed by atoms with Crippen LogP contribution in [0.15, 0.2) is 46.9 Å². The van der Waals surface area contributed by atoms with Gasteiger partial charge in [-0.2, -0.15) is 0 Å². The molecule has 22 heavy (non-hydrogen) atoms. The third-order valence-electron chi connectivity index (χ3n) is 4.26. The van der Waals surface area contributed by atoms with Crippen LogP contribution in [0.4, 0.5) is 0 Å². The fourth-order valence-corrected chi connectivity index (χ4v) is 2.73. The van der Waals surface area contributed by atoms with Gasteiger partial charge in [0.15, 0.2) is 0 Å². The molecule has 1 aliphatic rings. The Kier molecular flexibility index (Phi) is 4.29. The number of benzene rings is 1. The summed E-state index contributed by atoms with van der Waals surface area (Å²) in [4.78, 5) is 11.4. The van der Waals surface area contributed by atoms with E-state index in [1.165, 1.54) is 6.42 Å². The standard InChI is InChI=1S/C18H21NO3/c1-12-9-15(12)17-8-7-14(22-17)11-19-16(18(20)21)10-13-5-3-2-4-6-13/h2-8,12,15-16,19H,9-11H2,1H3,(H,20,21)/t12?,15?,16-/m1/s1. The smallest absolute Gasteiger partial charge is 0.321 e. The quantitative estimate of drug-likeness (QED) is 0.824. The molecule has 4 heteroatoms. The van der Waals surface area contributed by atoms with Crippen molar-refractivity contribution in [2.75, 3.05) is 0 Å². The summed E-state index contributed by atoms with van der Waals surface area (Å²) in [5.74, 6) is 2.24. The van der Waals surface area contributed by atoms with Gasteiger partial charge >= 0.3 is 5.97 Å². The zero-order valence-electron chi connectivity index (χ0n) is 12.7. The van der Waals surface area contributed by atoms with Crippen molar-refractivity contribution in [3.05, 3.63) is 59.5 Å². The van der Waals surface area contributed by atoms with Gasteiger partial charge in [0.25, 0.3) is 0 Å². The van der Waals surface area contributed by atoms with E-state index in [-0.39, 0.29) is 0 Å². The van der Waals surface area contributed by atoms with Crippen LogP contribution in [0.3, 0.4) is 0 Å². The van der Waals surface area contributed by atoms with Gasteiger partial charge in [0.1, 0.15) is 17.6 Å². The Bertz CT molecular complexity index is 635. The summed E-state index contributed by atoms with van der Waals surface area (Å²) in [7, 11) is 0. The molecule has 0 bridgehead atoms. The molecule has 0 spiro atoms. The summed E-state index contributed by atoms with van der Waals surface area (Å²) in [6.07, 6.45) is 1.65. The molecular weight excluding hydrogens is 278 g/mol. The number of hydrogen-bond acceptors (Lipinski definition) is 3. The fourth-order valence-electron chi connectivity index (χ4n) is 2.73. The third-order valence-corrected chi connectivity index (χ3v) is 4.26. The van der Waals surface area contributed by atoms with Crippen molar-refractivity contribution in [1.82, 2.24) is 5.32 Å². The molecule has 2 aromatic rings. The van der Waals surface area contributed by atoms with Crippen LogP contribution in [0.2, 0.25) is 0 Å². The van der Waals surface area contributed by atoms with Crippen molar-refractivity contribution in [3.8, 4) is 0 Å².